The Bertz CT molecular complexity index is 257. The second-order valence-corrected chi connectivity index (χ2v) is 3.45. The Morgan fingerprint density at radius 2 is 2.21 bits per heavy atom. The van der Waals surface area contributed by atoms with Crippen LogP contribution in [-0.2, 0) is 14.3 Å². The summed E-state index contributed by atoms with van der Waals surface area (Å²) in [5.41, 5.74) is 0. The number of cyclic esters (lactones) is 1. The molecule has 0 aromatic rings. The number of hydrogen-bond acceptors (Lipinski definition) is 4. The molecule has 0 fully saturated rings. The minimum atomic E-state index is -0.777. The van der Waals surface area contributed by atoms with E-state index in [9.17, 15) is 14.7 Å². The number of esters is 1. The third kappa shape index (κ3) is 3.70. The van der Waals surface area contributed by atoms with E-state index in [1.807, 2.05) is 0 Å². The first-order chi connectivity index (χ1) is 6.58. The van der Waals surface area contributed by atoms with Gasteiger partial charge >= 0.3 is 5.97 Å². The second kappa shape index (κ2) is 4.91. The number of aliphatic hydroxyl groups excluding tert-OH is 1. The monoisotopic (exact) mass is 198 g/mol. The Morgan fingerprint density at radius 1 is 1.50 bits per heavy atom. The Kier molecular flexibility index (Phi) is 3.83. The molecule has 1 aliphatic heterocycles. The molecule has 4 nitrogen and oxygen atoms in total. The van der Waals surface area contributed by atoms with Gasteiger partial charge in [-0.1, -0.05) is 12.2 Å². The van der Waals surface area contributed by atoms with Crippen molar-refractivity contribution < 1.29 is 19.4 Å². The van der Waals surface area contributed by atoms with Gasteiger partial charge in [-0.25, -0.2) is 0 Å². The molecule has 0 saturated carbocycles. The van der Waals surface area contributed by atoms with Crippen molar-refractivity contribution in [2.45, 2.75) is 38.4 Å². The first-order valence-corrected chi connectivity index (χ1v) is 4.64. The standard InChI is InChI=1S/C10H14O4/c1-7-3-2-4-8(11)5-9(12)6-10(13)14-7/h2,4,7-8,11H,3,5-6H2,1H3. The van der Waals surface area contributed by atoms with Gasteiger partial charge in [0.15, 0.2) is 0 Å². The van der Waals surface area contributed by atoms with E-state index in [2.05, 4.69) is 0 Å². The predicted octanol–water partition coefficient (Wildman–Crippen LogP) is 0.588. The van der Waals surface area contributed by atoms with Crippen molar-refractivity contribution in [2.24, 2.45) is 0 Å². The topological polar surface area (TPSA) is 63.6 Å². The molecular formula is C10H14O4. The van der Waals surface area contributed by atoms with Gasteiger partial charge in [0.25, 0.3) is 0 Å². The van der Waals surface area contributed by atoms with Crippen LogP contribution in [0.25, 0.3) is 0 Å². The molecule has 0 radical (unpaired) electrons. The first-order valence-electron chi connectivity index (χ1n) is 4.64. The van der Waals surface area contributed by atoms with Crippen molar-refractivity contribution in [3.8, 4) is 0 Å². The normalized spacial score (nSPS) is 29.9. The first kappa shape index (κ1) is 10.9. The van der Waals surface area contributed by atoms with E-state index in [0.717, 1.165) is 0 Å². The van der Waals surface area contributed by atoms with Gasteiger partial charge in [-0.15, -0.1) is 0 Å². The van der Waals surface area contributed by atoms with Crippen LogP contribution in [0.3, 0.4) is 0 Å². The summed E-state index contributed by atoms with van der Waals surface area (Å²) in [5, 5.41) is 9.31. The number of carbonyl (C=O) groups excluding carboxylic acids is 2. The Labute approximate surface area is 82.6 Å². The number of hydrogen-bond donors (Lipinski definition) is 1. The van der Waals surface area contributed by atoms with Crippen LogP contribution in [0.4, 0.5) is 0 Å². The van der Waals surface area contributed by atoms with Crippen molar-refractivity contribution in [1.29, 1.82) is 0 Å². The Hall–Kier alpha value is -1.16. The zero-order valence-electron chi connectivity index (χ0n) is 8.10. The lowest BCUT2D eigenvalue weighted by molar-refractivity contribution is -0.150. The molecule has 14 heavy (non-hydrogen) atoms. The number of ether oxygens (including phenoxy) is 1. The molecule has 0 aromatic carbocycles. The molecule has 0 saturated heterocycles. The lowest BCUT2D eigenvalue weighted by Crippen LogP contribution is -2.21. The highest BCUT2D eigenvalue weighted by Gasteiger charge is 2.17. The molecule has 1 aliphatic rings. The smallest absolute Gasteiger partial charge is 0.313 e. The maximum Gasteiger partial charge on any atom is 0.313 e. The summed E-state index contributed by atoms with van der Waals surface area (Å²) in [7, 11) is 0. The third-order valence-corrected chi connectivity index (χ3v) is 1.94. The van der Waals surface area contributed by atoms with Gasteiger partial charge in [-0.05, 0) is 6.92 Å². The molecule has 4 heteroatoms. The summed E-state index contributed by atoms with van der Waals surface area (Å²) < 4.78 is 4.94. The van der Waals surface area contributed by atoms with E-state index in [-0.39, 0.29) is 24.7 Å². The van der Waals surface area contributed by atoms with Gasteiger partial charge in [0.05, 0.1) is 6.10 Å². The fraction of sp³-hybridized carbons (Fsp3) is 0.600. The second-order valence-electron chi connectivity index (χ2n) is 3.45. The van der Waals surface area contributed by atoms with Crippen molar-refractivity contribution in [1.82, 2.24) is 0 Å². The summed E-state index contributed by atoms with van der Waals surface area (Å²) in [6.07, 6.45) is 2.58. The van der Waals surface area contributed by atoms with Crippen LogP contribution in [0, 0.1) is 0 Å². The van der Waals surface area contributed by atoms with Crippen LogP contribution in [0.5, 0.6) is 0 Å². The zero-order valence-corrected chi connectivity index (χ0v) is 8.10. The molecule has 78 valence electrons. The van der Waals surface area contributed by atoms with Crippen LogP contribution >= 0.6 is 0 Å². The maximum atomic E-state index is 11.1. The van der Waals surface area contributed by atoms with Crippen molar-refractivity contribution in [2.75, 3.05) is 0 Å². The van der Waals surface area contributed by atoms with Gasteiger partial charge < -0.3 is 9.84 Å². The molecule has 0 amide bonds. The fourth-order valence-corrected chi connectivity index (χ4v) is 1.28. The van der Waals surface area contributed by atoms with Crippen LogP contribution in [0.15, 0.2) is 12.2 Å². The Morgan fingerprint density at radius 3 is 2.93 bits per heavy atom. The number of carbonyl (C=O) groups is 2. The molecule has 1 rings (SSSR count). The van der Waals surface area contributed by atoms with Gasteiger partial charge in [-0.3, -0.25) is 9.59 Å². The molecule has 0 spiro atoms. The molecule has 2 unspecified atom stereocenters. The quantitative estimate of drug-likeness (QED) is 0.351. The molecule has 0 aromatic heterocycles. The van der Waals surface area contributed by atoms with E-state index in [0.29, 0.717) is 6.42 Å². The maximum absolute atomic E-state index is 11.1. The number of rotatable bonds is 0. The molecule has 1 heterocycles. The third-order valence-electron chi connectivity index (χ3n) is 1.94. The lowest BCUT2D eigenvalue weighted by Gasteiger charge is -2.13. The number of Topliss-reactive ketones (excluding diaryl/α,β-unsaturated/α-hetero) is 1. The van der Waals surface area contributed by atoms with E-state index < -0.39 is 12.1 Å². The van der Waals surface area contributed by atoms with Crippen molar-refractivity contribution in [3.63, 3.8) is 0 Å². The number of ketones is 1. The minimum Gasteiger partial charge on any atom is -0.462 e. The minimum absolute atomic E-state index is 0.0139. The highest BCUT2D eigenvalue weighted by molar-refractivity contribution is 5.95. The van der Waals surface area contributed by atoms with Gasteiger partial charge in [-0.2, -0.15) is 0 Å². The molecule has 0 aliphatic carbocycles. The van der Waals surface area contributed by atoms with Crippen molar-refractivity contribution >= 4 is 11.8 Å². The highest BCUT2D eigenvalue weighted by Crippen LogP contribution is 2.07. The van der Waals surface area contributed by atoms with Crippen LogP contribution < -0.4 is 0 Å². The van der Waals surface area contributed by atoms with Crippen LogP contribution in [0.2, 0.25) is 0 Å². The fourth-order valence-electron chi connectivity index (χ4n) is 1.28. The van der Waals surface area contributed by atoms with Crippen LogP contribution in [-0.4, -0.2) is 29.1 Å². The van der Waals surface area contributed by atoms with Crippen molar-refractivity contribution in [3.05, 3.63) is 12.2 Å². The molecule has 2 atom stereocenters. The van der Waals surface area contributed by atoms with E-state index >= 15 is 0 Å². The summed E-state index contributed by atoms with van der Waals surface area (Å²) in [4.78, 5) is 22.2. The summed E-state index contributed by atoms with van der Waals surface area (Å²) in [5.74, 6) is -0.800. The average molecular weight is 198 g/mol. The molecule has 1 N–H and O–H groups in total. The Balaban J connectivity index is 2.65. The largest absolute Gasteiger partial charge is 0.462 e. The SMILES string of the molecule is CC1CC=CC(O)CC(=O)CC(=O)O1. The summed E-state index contributed by atoms with van der Waals surface area (Å²) in [6.45, 7) is 1.75. The number of aliphatic hydroxyl groups is 1. The van der Waals surface area contributed by atoms with Crippen LogP contribution in [0.1, 0.15) is 26.2 Å². The summed E-state index contributed by atoms with van der Waals surface area (Å²) >= 11 is 0. The van der Waals surface area contributed by atoms with E-state index in [4.69, 9.17) is 4.74 Å². The van der Waals surface area contributed by atoms with E-state index in [1.165, 1.54) is 0 Å². The average Bonchev–Trinajstić information content (AvgIpc) is 2.01. The lowest BCUT2D eigenvalue weighted by atomic mass is 10.1. The zero-order chi connectivity index (χ0) is 10.6. The summed E-state index contributed by atoms with van der Waals surface area (Å²) in [6, 6.07) is 0. The van der Waals surface area contributed by atoms with Gasteiger partial charge in [0, 0.05) is 12.8 Å². The molecular weight excluding hydrogens is 184 g/mol. The highest BCUT2D eigenvalue weighted by atomic mass is 16.5. The van der Waals surface area contributed by atoms with Gasteiger partial charge in [0.2, 0.25) is 0 Å². The molecule has 0 bridgehead atoms. The van der Waals surface area contributed by atoms with E-state index in [1.54, 1.807) is 19.1 Å². The van der Waals surface area contributed by atoms with Gasteiger partial charge in [0.1, 0.15) is 18.3 Å². The predicted molar refractivity (Wildman–Crippen MR) is 49.6 cm³/mol.